The predicted molar refractivity (Wildman–Crippen MR) is 67.9 cm³/mol. The van der Waals surface area contributed by atoms with Gasteiger partial charge in [-0.1, -0.05) is 23.3 Å². The van der Waals surface area contributed by atoms with Gasteiger partial charge in [0.05, 0.1) is 6.61 Å². The lowest BCUT2D eigenvalue weighted by Gasteiger charge is -2.01. The molecule has 0 fully saturated rings. The summed E-state index contributed by atoms with van der Waals surface area (Å²) >= 11 is 0. The number of rotatable bonds is 7. The summed E-state index contributed by atoms with van der Waals surface area (Å²) in [7, 11) is 0.162. The molecule has 0 bridgehead atoms. The Balaban J connectivity index is 3.52. The van der Waals surface area contributed by atoms with E-state index in [1.165, 1.54) is 11.1 Å². The molecular formula is C10H22O2Si2. The van der Waals surface area contributed by atoms with Crippen molar-refractivity contribution in [2.24, 2.45) is 0 Å². The number of hydrogen-bond acceptors (Lipinski definition) is 2. The van der Waals surface area contributed by atoms with Crippen LogP contribution in [0.1, 0.15) is 33.6 Å². The molecule has 0 radical (unpaired) electrons. The third-order valence-electron chi connectivity index (χ3n) is 1.84. The van der Waals surface area contributed by atoms with Crippen molar-refractivity contribution in [2.75, 3.05) is 6.61 Å². The van der Waals surface area contributed by atoms with Gasteiger partial charge in [-0.25, -0.2) is 0 Å². The van der Waals surface area contributed by atoms with Gasteiger partial charge in [-0.05, 0) is 33.6 Å². The van der Waals surface area contributed by atoms with Gasteiger partial charge in [0.1, 0.15) is 10.5 Å². The lowest BCUT2D eigenvalue weighted by molar-refractivity contribution is 0.332. The number of hydrogen-bond donors (Lipinski definition) is 0. The average Bonchev–Trinajstić information content (AvgIpc) is 2.12. The monoisotopic (exact) mass is 230 g/mol. The smallest absolute Gasteiger partial charge is 0.293 e. The van der Waals surface area contributed by atoms with Crippen LogP contribution in [0.2, 0.25) is 0 Å². The number of allylic oxidation sites excluding steroid dienone is 3. The second-order valence-corrected chi connectivity index (χ2v) is 6.60. The molecule has 0 aliphatic carbocycles. The zero-order valence-corrected chi connectivity index (χ0v) is 13.2. The van der Waals surface area contributed by atoms with E-state index in [1.807, 2.05) is 0 Å². The molecule has 0 saturated heterocycles. The van der Waals surface area contributed by atoms with E-state index in [9.17, 15) is 0 Å². The highest BCUT2D eigenvalue weighted by atomic mass is 28.3. The zero-order chi connectivity index (χ0) is 10.8. The van der Waals surface area contributed by atoms with E-state index < -0.39 is 10.0 Å². The molecule has 0 N–H and O–H groups in total. The highest BCUT2D eigenvalue weighted by molar-refractivity contribution is 6.27. The van der Waals surface area contributed by atoms with Crippen LogP contribution in [0, 0.1) is 0 Å². The lowest BCUT2D eigenvalue weighted by Crippen LogP contribution is -2.01. The van der Waals surface area contributed by atoms with Crippen molar-refractivity contribution in [3.8, 4) is 0 Å². The Hall–Kier alpha value is -0.166. The molecule has 0 aliphatic rings. The normalized spacial score (nSPS) is 12.6. The summed E-state index contributed by atoms with van der Waals surface area (Å²) in [5.41, 5.74) is 2.80. The summed E-state index contributed by atoms with van der Waals surface area (Å²) in [5, 5.41) is 0. The minimum atomic E-state index is -0.648. The van der Waals surface area contributed by atoms with Gasteiger partial charge in [-0.3, -0.25) is 0 Å². The topological polar surface area (TPSA) is 18.5 Å². The van der Waals surface area contributed by atoms with Crippen LogP contribution in [0.3, 0.4) is 0 Å². The first-order valence-electron chi connectivity index (χ1n) is 5.02. The molecule has 14 heavy (non-hydrogen) atoms. The Morgan fingerprint density at radius 3 is 2.57 bits per heavy atom. The van der Waals surface area contributed by atoms with Gasteiger partial charge in [-0.2, -0.15) is 0 Å². The molecule has 82 valence electrons. The molecule has 2 nitrogen and oxygen atoms in total. The predicted octanol–water partition coefficient (Wildman–Crippen LogP) is 0.991. The van der Waals surface area contributed by atoms with E-state index in [1.54, 1.807) is 0 Å². The summed E-state index contributed by atoms with van der Waals surface area (Å²) in [5.74, 6) is 0. The van der Waals surface area contributed by atoms with E-state index in [4.69, 9.17) is 8.54 Å². The van der Waals surface area contributed by atoms with E-state index in [2.05, 4.69) is 32.9 Å². The second-order valence-electron chi connectivity index (χ2n) is 3.65. The summed E-state index contributed by atoms with van der Waals surface area (Å²) in [6.07, 6.45) is 6.71. The second kappa shape index (κ2) is 9.39. The van der Waals surface area contributed by atoms with Crippen molar-refractivity contribution in [1.82, 2.24) is 0 Å². The summed E-state index contributed by atoms with van der Waals surface area (Å²) < 4.78 is 10.4. The fourth-order valence-corrected chi connectivity index (χ4v) is 1.90. The fraction of sp³-hybridized carbons (Fsp3) is 0.600. The Bertz CT molecular complexity index is 196. The molecule has 4 heteroatoms. The van der Waals surface area contributed by atoms with Crippen LogP contribution in [0.5, 0.6) is 0 Å². The van der Waals surface area contributed by atoms with Crippen LogP contribution < -0.4 is 0 Å². The third kappa shape index (κ3) is 9.92. The minimum absolute atomic E-state index is 0.648. The third-order valence-corrected chi connectivity index (χ3v) is 3.19. The molecule has 0 unspecified atom stereocenters. The minimum Gasteiger partial charge on any atom is -0.449 e. The van der Waals surface area contributed by atoms with E-state index in [-0.39, 0.29) is 0 Å². The molecule has 0 amide bonds. The van der Waals surface area contributed by atoms with Crippen LogP contribution in [-0.2, 0) is 8.54 Å². The molecule has 0 saturated carbocycles. The SMILES string of the molecule is CC(C)=CCC/C(C)=C/CO[SiH2]O[SiH3]. The van der Waals surface area contributed by atoms with E-state index in [0.717, 1.165) is 29.9 Å². The van der Waals surface area contributed by atoms with Crippen LogP contribution in [0.15, 0.2) is 23.3 Å². The van der Waals surface area contributed by atoms with Crippen LogP contribution in [0.4, 0.5) is 0 Å². The van der Waals surface area contributed by atoms with Gasteiger partial charge < -0.3 is 8.54 Å². The molecule has 0 aromatic rings. The maximum absolute atomic E-state index is 5.34. The standard InChI is InChI=1S/C10H22O2Si2/c1-9(2)5-4-6-10(3)7-8-11-14-12-13/h5,7H,4,6,8,14H2,1-3,13H3/b10-7+. The quantitative estimate of drug-likeness (QED) is 0.369. The maximum Gasteiger partial charge on any atom is 0.293 e. The van der Waals surface area contributed by atoms with Gasteiger partial charge in [0.15, 0.2) is 0 Å². The maximum atomic E-state index is 5.34. The Labute approximate surface area is 93.0 Å². The van der Waals surface area contributed by atoms with Gasteiger partial charge in [-0.15, -0.1) is 0 Å². The fourth-order valence-electron chi connectivity index (χ4n) is 1.02. The van der Waals surface area contributed by atoms with Gasteiger partial charge in [0.2, 0.25) is 0 Å². The molecule has 0 heterocycles. The van der Waals surface area contributed by atoms with Crippen LogP contribution in [-0.4, -0.2) is 27.1 Å². The van der Waals surface area contributed by atoms with Crippen molar-refractivity contribution in [3.63, 3.8) is 0 Å². The summed E-state index contributed by atoms with van der Waals surface area (Å²) in [4.78, 5) is 0. The van der Waals surface area contributed by atoms with E-state index >= 15 is 0 Å². The van der Waals surface area contributed by atoms with Gasteiger partial charge in [0.25, 0.3) is 10.0 Å². The lowest BCUT2D eigenvalue weighted by atomic mass is 10.1. The average molecular weight is 230 g/mol. The van der Waals surface area contributed by atoms with Crippen LogP contribution >= 0.6 is 0 Å². The Morgan fingerprint density at radius 1 is 1.29 bits per heavy atom. The molecular weight excluding hydrogens is 208 g/mol. The van der Waals surface area contributed by atoms with Crippen molar-refractivity contribution >= 4 is 20.5 Å². The van der Waals surface area contributed by atoms with Crippen molar-refractivity contribution in [3.05, 3.63) is 23.3 Å². The molecule has 0 spiro atoms. The van der Waals surface area contributed by atoms with Gasteiger partial charge in [0, 0.05) is 0 Å². The first-order chi connectivity index (χ1) is 6.66. The summed E-state index contributed by atoms with van der Waals surface area (Å²) in [6, 6.07) is 0. The molecule has 0 rings (SSSR count). The molecule has 0 aromatic heterocycles. The van der Waals surface area contributed by atoms with Crippen molar-refractivity contribution in [1.29, 1.82) is 0 Å². The largest absolute Gasteiger partial charge is 0.449 e. The highest BCUT2D eigenvalue weighted by Gasteiger charge is 1.89. The molecule has 0 aromatic carbocycles. The molecule has 0 aliphatic heterocycles. The van der Waals surface area contributed by atoms with Crippen molar-refractivity contribution in [2.45, 2.75) is 33.6 Å². The highest BCUT2D eigenvalue weighted by Crippen LogP contribution is 2.06. The van der Waals surface area contributed by atoms with Crippen molar-refractivity contribution < 1.29 is 8.54 Å². The van der Waals surface area contributed by atoms with E-state index in [0.29, 0.717) is 0 Å². The van der Waals surface area contributed by atoms with Gasteiger partial charge >= 0.3 is 0 Å². The Morgan fingerprint density at radius 2 is 2.00 bits per heavy atom. The zero-order valence-electron chi connectivity index (χ0n) is 9.80. The van der Waals surface area contributed by atoms with Crippen LogP contribution in [0.25, 0.3) is 0 Å². The Kier molecular flexibility index (Phi) is 9.28. The first-order valence-corrected chi connectivity index (χ1v) is 6.99. The first kappa shape index (κ1) is 13.8. The molecule has 0 atom stereocenters. The summed E-state index contributed by atoms with van der Waals surface area (Å²) in [6.45, 7) is 7.16.